The lowest BCUT2D eigenvalue weighted by Crippen LogP contribution is -2.26. The molecule has 1 rings (SSSR count). The Hall–Kier alpha value is -2.16. The summed E-state index contributed by atoms with van der Waals surface area (Å²) in [4.78, 5) is 18.7. The molecule has 0 aliphatic carbocycles. The number of aryl methyl sites for hydroxylation is 1. The number of nitrogens with zero attached hydrogens (tertiary/aromatic N) is 3. The largest absolute Gasteiger partial charge is 0.355 e. The average molecular weight is 219 g/mol. The van der Waals surface area contributed by atoms with Gasteiger partial charge in [-0.1, -0.05) is 0 Å². The second kappa shape index (κ2) is 5.66. The van der Waals surface area contributed by atoms with Crippen molar-refractivity contribution in [2.75, 3.05) is 18.4 Å². The zero-order valence-corrected chi connectivity index (χ0v) is 9.24. The van der Waals surface area contributed by atoms with Gasteiger partial charge in [0, 0.05) is 25.7 Å². The summed E-state index contributed by atoms with van der Waals surface area (Å²) in [5.41, 5.74) is 1.06. The highest BCUT2D eigenvalue weighted by Gasteiger charge is 2.00. The number of nitriles is 1. The molecule has 1 aromatic rings. The Kier molecular flexibility index (Phi) is 4.21. The van der Waals surface area contributed by atoms with E-state index < -0.39 is 0 Å². The Labute approximate surface area is 93.7 Å². The average Bonchev–Trinajstić information content (AvgIpc) is 2.23. The standard InChI is InChI=1S/C10H13N5O/c1-7-5-9(6-11)15-10(14-7)13-4-3-12-8(2)16/h5H,3-4H2,1-2H3,(H,12,16)(H,13,14,15). The van der Waals surface area contributed by atoms with E-state index in [4.69, 9.17) is 5.26 Å². The number of amides is 1. The number of rotatable bonds is 4. The summed E-state index contributed by atoms with van der Waals surface area (Å²) in [6, 6.07) is 3.57. The molecule has 0 aromatic carbocycles. The van der Waals surface area contributed by atoms with Crippen LogP contribution in [0.2, 0.25) is 0 Å². The molecule has 0 unspecified atom stereocenters. The van der Waals surface area contributed by atoms with E-state index in [9.17, 15) is 4.79 Å². The van der Waals surface area contributed by atoms with Crippen LogP contribution in [0.15, 0.2) is 6.07 Å². The lowest BCUT2D eigenvalue weighted by atomic mass is 10.3. The Morgan fingerprint density at radius 3 is 2.88 bits per heavy atom. The molecule has 0 aliphatic rings. The lowest BCUT2D eigenvalue weighted by Gasteiger charge is -2.05. The van der Waals surface area contributed by atoms with Crippen LogP contribution in [-0.4, -0.2) is 29.0 Å². The van der Waals surface area contributed by atoms with Crippen LogP contribution >= 0.6 is 0 Å². The zero-order chi connectivity index (χ0) is 12.0. The molecule has 84 valence electrons. The number of aromatic nitrogens is 2. The minimum absolute atomic E-state index is 0.0790. The first-order valence-corrected chi connectivity index (χ1v) is 4.86. The summed E-state index contributed by atoms with van der Waals surface area (Å²) >= 11 is 0. The van der Waals surface area contributed by atoms with E-state index in [1.54, 1.807) is 13.0 Å². The number of anilines is 1. The van der Waals surface area contributed by atoms with Crippen LogP contribution in [0.1, 0.15) is 18.3 Å². The summed E-state index contributed by atoms with van der Waals surface area (Å²) in [6.45, 7) is 4.26. The van der Waals surface area contributed by atoms with Crippen LogP contribution in [0, 0.1) is 18.3 Å². The van der Waals surface area contributed by atoms with Crippen molar-refractivity contribution in [1.82, 2.24) is 15.3 Å². The topological polar surface area (TPSA) is 90.7 Å². The second-order valence-corrected chi connectivity index (χ2v) is 3.24. The van der Waals surface area contributed by atoms with Crippen molar-refractivity contribution in [2.45, 2.75) is 13.8 Å². The molecule has 2 N–H and O–H groups in total. The highest BCUT2D eigenvalue weighted by molar-refractivity contribution is 5.72. The van der Waals surface area contributed by atoms with Crippen molar-refractivity contribution < 1.29 is 4.79 Å². The van der Waals surface area contributed by atoms with Crippen LogP contribution in [-0.2, 0) is 4.79 Å². The van der Waals surface area contributed by atoms with E-state index in [1.165, 1.54) is 6.92 Å². The van der Waals surface area contributed by atoms with Gasteiger partial charge in [-0.15, -0.1) is 0 Å². The Morgan fingerprint density at radius 2 is 2.25 bits per heavy atom. The molecule has 0 aliphatic heterocycles. The lowest BCUT2D eigenvalue weighted by molar-refractivity contribution is -0.118. The normalized spacial score (nSPS) is 9.31. The number of hydrogen-bond donors (Lipinski definition) is 2. The SMILES string of the molecule is CC(=O)NCCNc1nc(C)cc(C#N)n1. The van der Waals surface area contributed by atoms with Crippen molar-refractivity contribution in [3.8, 4) is 6.07 Å². The first kappa shape index (κ1) is 11.9. The van der Waals surface area contributed by atoms with Crippen LogP contribution < -0.4 is 10.6 Å². The van der Waals surface area contributed by atoms with Gasteiger partial charge in [0.25, 0.3) is 0 Å². The molecule has 0 radical (unpaired) electrons. The number of hydrogen-bond acceptors (Lipinski definition) is 5. The monoisotopic (exact) mass is 219 g/mol. The van der Waals surface area contributed by atoms with Crippen molar-refractivity contribution in [2.24, 2.45) is 0 Å². The first-order valence-electron chi connectivity index (χ1n) is 4.86. The van der Waals surface area contributed by atoms with Gasteiger partial charge in [-0.05, 0) is 13.0 Å². The highest BCUT2D eigenvalue weighted by Crippen LogP contribution is 2.02. The molecular weight excluding hydrogens is 206 g/mol. The summed E-state index contributed by atoms with van der Waals surface area (Å²) in [6.07, 6.45) is 0. The van der Waals surface area contributed by atoms with Gasteiger partial charge in [-0.25, -0.2) is 9.97 Å². The minimum Gasteiger partial charge on any atom is -0.355 e. The molecule has 0 saturated heterocycles. The van der Waals surface area contributed by atoms with Gasteiger partial charge in [0.15, 0.2) is 0 Å². The minimum atomic E-state index is -0.0790. The molecule has 0 saturated carbocycles. The second-order valence-electron chi connectivity index (χ2n) is 3.24. The molecule has 0 atom stereocenters. The maximum atomic E-state index is 10.6. The quantitative estimate of drug-likeness (QED) is 0.706. The number of carbonyl (C=O) groups excluding carboxylic acids is 1. The van der Waals surface area contributed by atoms with E-state index in [1.807, 2.05) is 6.07 Å². The molecule has 0 bridgehead atoms. The number of nitrogens with one attached hydrogen (secondary N) is 2. The third-order valence-corrected chi connectivity index (χ3v) is 1.75. The van der Waals surface area contributed by atoms with Crippen LogP contribution in [0.5, 0.6) is 0 Å². The molecule has 1 aromatic heterocycles. The number of carbonyl (C=O) groups is 1. The Bertz CT molecular complexity index is 424. The van der Waals surface area contributed by atoms with E-state index in [0.717, 1.165) is 5.69 Å². The first-order chi connectivity index (χ1) is 7.61. The summed E-state index contributed by atoms with van der Waals surface area (Å²) in [5.74, 6) is 0.326. The third-order valence-electron chi connectivity index (χ3n) is 1.75. The molecule has 1 heterocycles. The zero-order valence-electron chi connectivity index (χ0n) is 9.24. The summed E-state index contributed by atoms with van der Waals surface area (Å²) < 4.78 is 0. The van der Waals surface area contributed by atoms with E-state index in [2.05, 4.69) is 20.6 Å². The van der Waals surface area contributed by atoms with Crippen LogP contribution in [0.4, 0.5) is 5.95 Å². The van der Waals surface area contributed by atoms with Crippen molar-refractivity contribution in [3.05, 3.63) is 17.5 Å². The Balaban J connectivity index is 2.51. The maximum Gasteiger partial charge on any atom is 0.224 e. The fourth-order valence-corrected chi connectivity index (χ4v) is 1.12. The predicted octanol–water partition coefficient (Wildman–Crippen LogP) is 0.205. The molecular formula is C10H13N5O. The van der Waals surface area contributed by atoms with Gasteiger partial charge < -0.3 is 10.6 Å². The van der Waals surface area contributed by atoms with E-state index in [0.29, 0.717) is 24.7 Å². The Morgan fingerprint density at radius 1 is 1.50 bits per heavy atom. The molecule has 0 fully saturated rings. The maximum absolute atomic E-state index is 10.6. The molecule has 1 amide bonds. The smallest absolute Gasteiger partial charge is 0.224 e. The van der Waals surface area contributed by atoms with Gasteiger partial charge >= 0.3 is 0 Å². The third kappa shape index (κ3) is 3.92. The summed E-state index contributed by atoms with van der Waals surface area (Å²) in [7, 11) is 0. The van der Waals surface area contributed by atoms with Gasteiger partial charge in [0.1, 0.15) is 11.8 Å². The summed E-state index contributed by atoms with van der Waals surface area (Å²) in [5, 5.41) is 14.3. The van der Waals surface area contributed by atoms with E-state index >= 15 is 0 Å². The van der Waals surface area contributed by atoms with Crippen LogP contribution in [0.25, 0.3) is 0 Å². The molecule has 6 heteroatoms. The van der Waals surface area contributed by atoms with E-state index in [-0.39, 0.29) is 5.91 Å². The highest BCUT2D eigenvalue weighted by atomic mass is 16.1. The fourth-order valence-electron chi connectivity index (χ4n) is 1.12. The van der Waals surface area contributed by atoms with Crippen molar-refractivity contribution in [1.29, 1.82) is 5.26 Å². The van der Waals surface area contributed by atoms with Gasteiger partial charge in [0.05, 0.1) is 0 Å². The van der Waals surface area contributed by atoms with Crippen LogP contribution in [0.3, 0.4) is 0 Å². The van der Waals surface area contributed by atoms with Crippen molar-refractivity contribution in [3.63, 3.8) is 0 Å². The molecule has 16 heavy (non-hydrogen) atoms. The van der Waals surface area contributed by atoms with Gasteiger partial charge in [0.2, 0.25) is 11.9 Å². The predicted molar refractivity (Wildman–Crippen MR) is 58.7 cm³/mol. The van der Waals surface area contributed by atoms with Gasteiger partial charge in [-0.2, -0.15) is 5.26 Å². The molecule has 0 spiro atoms. The fraction of sp³-hybridized carbons (Fsp3) is 0.400. The molecule has 6 nitrogen and oxygen atoms in total. The van der Waals surface area contributed by atoms with Crippen molar-refractivity contribution >= 4 is 11.9 Å². The van der Waals surface area contributed by atoms with Gasteiger partial charge in [-0.3, -0.25) is 4.79 Å².